The van der Waals surface area contributed by atoms with Gasteiger partial charge in [0.05, 0.1) is 29.9 Å². The van der Waals surface area contributed by atoms with Crippen LogP contribution in [0.3, 0.4) is 0 Å². The number of benzene rings is 1. The first-order valence-corrected chi connectivity index (χ1v) is 9.41. The average molecular weight is 382 g/mol. The zero-order valence-corrected chi connectivity index (χ0v) is 15.6. The molecule has 1 heterocycles. The number of sulfonamides is 1. The molecule has 0 fully saturated rings. The molecule has 0 aliphatic heterocycles. The Balaban J connectivity index is 2.17. The van der Waals surface area contributed by atoms with E-state index in [0.29, 0.717) is 17.1 Å². The van der Waals surface area contributed by atoms with Crippen LogP contribution < -0.4 is 10.1 Å². The Labute approximate surface area is 151 Å². The fourth-order valence-corrected chi connectivity index (χ4v) is 2.39. The molecule has 26 heavy (non-hydrogen) atoms. The Morgan fingerprint density at radius 2 is 1.81 bits per heavy atom. The second-order valence-electron chi connectivity index (χ2n) is 5.65. The van der Waals surface area contributed by atoms with Crippen molar-refractivity contribution < 1.29 is 22.3 Å². The van der Waals surface area contributed by atoms with Crippen LogP contribution in [0.4, 0.5) is 10.1 Å². The van der Waals surface area contributed by atoms with Gasteiger partial charge in [0.2, 0.25) is 15.9 Å². The van der Waals surface area contributed by atoms with E-state index >= 15 is 0 Å². The van der Waals surface area contributed by atoms with Gasteiger partial charge in [-0.25, -0.2) is 12.8 Å². The fraction of sp³-hybridized carbons (Fsp3) is 0.312. The molecule has 0 spiro atoms. The second kappa shape index (κ2) is 7.75. The van der Waals surface area contributed by atoms with Crippen molar-refractivity contribution in [3.8, 4) is 11.8 Å². The Hall–Kier alpha value is -2.59. The smallest absolute Gasteiger partial charge is 0.322 e. The number of hydrogen-bond donors (Lipinski definition) is 1. The van der Waals surface area contributed by atoms with E-state index < -0.39 is 21.7 Å². The van der Waals surface area contributed by atoms with Crippen LogP contribution in [0.5, 0.6) is 11.8 Å². The molecule has 1 N–H and O–H groups in total. The predicted octanol–water partition coefficient (Wildman–Crippen LogP) is 1.85. The van der Waals surface area contributed by atoms with Crippen molar-refractivity contribution in [2.75, 3.05) is 25.2 Å². The Morgan fingerprint density at radius 1 is 1.23 bits per heavy atom. The summed E-state index contributed by atoms with van der Waals surface area (Å²) in [6.45, 7) is 2.91. The van der Waals surface area contributed by atoms with E-state index in [9.17, 15) is 17.6 Å². The first kappa shape index (κ1) is 19.7. The van der Waals surface area contributed by atoms with E-state index in [-0.39, 0.29) is 18.3 Å². The minimum atomic E-state index is -3.47. The normalized spacial score (nSPS) is 11.5. The Bertz CT molecular complexity index is 911. The lowest BCUT2D eigenvalue weighted by Gasteiger charge is -2.16. The first-order valence-electron chi connectivity index (χ1n) is 7.56. The van der Waals surface area contributed by atoms with Gasteiger partial charge in [0.15, 0.2) is 11.6 Å². The Morgan fingerprint density at radius 3 is 2.35 bits per heavy atom. The van der Waals surface area contributed by atoms with Crippen molar-refractivity contribution in [2.45, 2.75) is 13.8 Å². The molecule has 1 aromatic heterocycles. The highest BCUT2D eigenvalue weighted by Gasteiger charge is 2.18. The van der Waals surface area contributed by atoms with Gasteiger partial charge in [0, 0.05) is 7.05 Å². The lowest BCUT2D eigenvalue weighted by atomic mass is 10.3. The number of rotatable bonds is 6. The van der Waals surface area contributed by atoms with E-state index in [0.717, 1.165) is 10.6 Å². The summed E-state index contributed by atoms with van der Waals surface area (Å²) in [6, 6.07) is 5.79. The number of nitrogens with zero attached hydrogens (tertiary/aromatic N) is 3. The van der Waals surface area contributed by atoms with Crippen molar-refractivity contribution in [1.29, 1.82) is 0 Å². The van der Waals surface area contributed by atoms with Crippen LogP contribution in [0.1, 0.15) is 11.4 Å². The second-order valence-corrected chi connectivity index (χ2v) is 7.74. The van der Waals surface area contributed by atoms with E-state index in [2.05, 4.69) is 15.3 Å². The SMILES string of the molecule is Cc1nc(Oc2ccccc2F)nc(C)c1NC(=O)CN(C)S(C)(=O)=O. The Kier molecular flexibility index (Phi) is 5.88. The number of para-hydroxylation sites is 1. The number of nitrogens with one attached hydrogen (secondary N) is 1. The van der Waals surface area contributed by atoms with Crippen LogP contribution in [0, 0.1) is 19.7 Å². The summed E-state index contributed by atoms with van der Waals surface area (Å²) in [5.41, 5.74) is 1.15. The van der Waals surface area contributed by atoms with Gasteiger partial charge in [-0.2, -0.15) is 14.3 Å². The molecule has 2 aromatic rings. The zero-order chi connectivity index (χ0) is 19.5. The van der Waals surface area contributed by atoms with Gasteiger partial charge in [-0.1, -0.05) is 12.1 Å². The number of aryl methyl sites for hydroxylation is 2. The number of carbonyl (C=O) groups is 1. The van der Waals surface area contributed by atoms with Crippen molar-refractivity contribution in [2.24, 2.45) is 0 Å². The number of aromatic nitrogens is 2. The van der Waals surface area contributed by atoms with Crippen molar-refractivity contribution in [1.82, 2.24) is 14.3 Å². The van der Waals surface area contributed by atoms with Gasteiger partial charge in [-0.15, -0.1) is 0 Å². The van der Waals surface area contributed by atoms with E-state index in [1.807, 2.05) is 0 Å². The molecule has 2 rings (SSSR count). The fourth-order valence-electron chi connectivity index (χ4n) is 2.04. The molecule has 0 aliphatic carbocycles. The van der Waals surface area contributed by atoms with Gasteiger partial charge < -0.3 is 10.1 Å². The third-order valence-corrected chi connectivity index (χ3v) is 4.75. The molecule has 0 aliphatic rings. The number of anilines is 1. The maximum absolute atomic E-state index is 13.7. The molecule has 8 nitrogen and oxygen atoms in total. The summed E-state index contributed by atoms with van der Waals surface area (Å²) in [5, 5.41) is 2.58. The number of amides is 1. The molecule has 0 atom stereocenters. The summed E-state index contributed by atoms with van der Waals surface area (Å²) < 4.78 is 42.7. The number of carbonyl (C=O) groups excluding carboxylic acids is 1. The molecule has 10 heteroatoms. The number of ether oxygens (including phenoxy) is 1. The molecular weight excluding hydrogens is 363 g/mol. The number of hydrogen-bond acceptors (Lipinski definition) is 6. The summed E-state index contributed by atoms with van der Waals surface area (Å²) in [4.78, 5) is 20.3. The molecule has 0 radical (unpaired) electrons. The van der Waals surface area contributed by atoms with E-state index in [4.69, 9.17) is 4.74 Å². The quantitative estimate of drug-likeness (QED) is 0.818. The maximum atomic E-state index is 13.7. The molecule has 0 saturated carbocycles. The van der Waals surface area contributed by atoms with Gasteiger partial charge in [0.25, 0.3) is 0 Å². The predicted molar refractivity (Wildman–Crippen MR) is 94.1 cm³/mol. The largest absolute Gasteiger partial charge is 0.421 e. The highest BCUT2D eigenvalue weighted by atomic mass is 32.2. The van der Waals surface area contributed by atoms with Crippen molar-refractivity contribution >= 4 is 21.6 Å². The highest BCUT2D eigenvalue weighted by Crippen LogP contribution is 2.25. The summed E-state index contributed by atoms with van der Waals surface area (Å²) in [6.07, 6.45) is 1.01. The van der Waals surface area contributed by atoms with Gasteiger partial charge in [0.1, 0.15) is 0 Å². The lowest BCUT2D eigenvalue weighted by Crippen LogP contribution is -2.34. The minimum Gasteiger partial charge on any atom is -0.421 e. The average Bonchev–Trinajstić information content (AvgIpc) is 2.52. The monoisotopic (exact) mass is 382 g/mol. The van der Waals surface area contributed by atoms with Crippen LogP contribution in [-0.2, 0) is 14.8 Å². The van der Waals surface area contributed by atoms with Crippen LogP contribution in [0.15, 0.2) is 24.3 Å². The third-order valence-electron chi connectivity index (χ3n) is 3.49. The van der Waals surface area contributed by atoms with Crippen molar-refractivity contribution in [3.63, 3.8) is 0 Å². The van der Waals surface area contributed by atoms with Crippen LogP contribution in [0.25, 0.3) is 0 Å². The zero-order valence-electron chi connectivity index (χ0n) is 14.8. The molecular formula is C16H19FN4O4S. The molecule has 1 aromatic carbocycles. The van der Waals surface area contributed by atoms with Crippen LogP contribution >= 0.6 is 0 Å². The van der Waals surface area contributed by atoms with Crippen LogP contribution in [0.2, 0.25) is 0 Å². The topological polar surface area (TPSA) is 101 Å². The van der Waals surface area contributed by atoms with E-state index in [1.165, 1.54) is 25.2 Å². The van der Waals surface area contributed by atoms with Crippen LogP contribution in [-0.4, -0.2) is 48.4 Å². The molecule has 140 valence electrons. The van der Waals surface area contributed by atoms with E-state index in [1.54, 1.807) is 19.9 Å². The third kappa shape index (κ3) is 4.96. The molecule has 1 amide bonds. The van der Waals surface area contributed by atoms with Gasteiger partial charge in [-0.3, -0.25) is 4.79 Å². The van der Waals surface area contributed by atoms with Gasteiger partial charge >= 0.3 is 6.01 Å². The minimum absolute atomic E-state index is 0.0159. The first-order chi connectivity index (χ1) is 12.1. The van der Waals surface area contributed by atoms with Gasteiger partial charge in [-0.05, 0) is 26.0 Å². The number of likely N-dealkylation sites (N-methyl/N-ethyl adjacent to an activating group) is 1. The standard InChI is InChI=1S/C16H19FN4O4S/c1-10-15(20-14(22)9-21(3)26(4,23)24)11(2)19-16(18-10)25-13-8-6-5-7-12(13)17/h5-8H,9H2,1-4H3,(H,20,22). The molecule has 0 unspecified atom stereocenters. The lowest BCUT2D eigenvalue weighted by molar-refractivity contribution is -0.116. The molecule has 0 saturated heterocycles. The maximum Gasteiger partial charge on any atom is 0.322 e. The highest BCUT2D eigenvalue weighted by molar-refractivity contribution is 7.88. The molecule has 0 bridgehead atoms. The van der Waals surface area contributed by atoms with Crippen molar-refractivity contribution in [3.05, 3.63) is 41.5 Å². The summed E-state index contributed by atoms with van der Waals surface area (Å²) >= 11 is 0. The summed E-state index contributed by atoms with van der Waals surface area (Å²) in [7, 11) is -2.17. The number of halogens is 1. The summed E-state index contributed by atoms with van der Waals surface area (Å²) in [5.74, 6) is -1.10.